The molecule has 0 atom stereocenters. The van der Waals surface area contributed by atoms with E-state index in [0.717, 1.165) is 11.1 Å². The van der Waals surface area contributed by atoms with Crippen molar-refractivity contribution in [3.63, 3.8) is 0 Å². The molecule has 1 aliphatic heterocycles. The van der Waals surface area contributed by atoms with E-state index >= 15 is 0 Å². The molecule has 0 fully saturated rings. The molecule has 0 aliphatic carbocycles. The number of sulfonamides is 1. The number of methoxy groups -OCH3 is 2. The Bertz CT molecular complexity index is 1020. The number of hydrogen-bond donors (Lipinski definition) is 1. The van der Waals surface area contributed by atoms with Gasteiger partial charge in [-0.2, -0.15) is 4.31 Å². The molecule has 0 unspecified atom stereocenters. The van der Waals surface area contributed by atoms with Gasteiger partial charge in [-0.15, -0.1) is 0 Å². The van der Waals surface area contributed by atoms with Gasteiger partial charge in [0.15, 0.2) is 11.5 Å². The van der Waals surface area contributed by atoms with Crippen molar-refractivity contribution in [3.8, 4) is 11.5 Å². The van der Waals surface area contributed by atoms with E-state index in [4.69, 9.17) is 14.2 Å². The Morgan fingerprint density at radius 2 is 1.90 bits per heavy atom. The molecular weight excluding hydrogens is 408 g/mol. The van der Waals surface area contributed by atoms with E-state index in [1.807, 2.05) is 6.07 Å². The van der Waals surface area contributed by atoms with E-state index in [-0.39, 0.29) is 23.9 Å². The van der Waals surface area contributed by atoms with Crippen LogP contribution in [0.4, 0.5) is 5.69 Å². The molecule has 0 saturated heterocycles. The van der Waals surface area contributed by atoms with Gasteiger partial charge in [0.2, 0.25) is 15.9 Å². The van der Waals surface area contributed by atoms with Crippen LogP contribution in [0.5, 0.6) is 11.5 Å². The maximum Gasteiger partial charge on any atom is 0.243 e. The summed E-state index contributed by atoms with van der Waals surface area (Å²) in [5.41, 5.74) is 2.31. The number of fused-ring (bicyclic) bond motifs is 1. The van der Waals surface area contributed by atoms with E-state index < -0.39 is 10.0 Å². The van der Waals surface area contributed by atoms with Gasteiger partial charge in [-0.25, -0.2) is 8.42 Å². The van der Waals surface area contributed by atoms with E-state index in [1.165, 1.54) is 30.5 Å². The average molecular weight is 435 g/mol. The maximum atomic E-state index is 13.3. The highest BCUT2D eigenvalue weighted by Crippen LogP contribution is 2.36. The van der Waals surface area contributed by atoms with Crippen LogP contribution in [-0.4, -0.2) is 46.1 Å². The van der Waals surface area contributed by atoms with Crippen LogP contribution < -0.4 is 14.8 Å². The third kappa shape index (κ3) is 4.75. The highest BCUT2D eigenvalue weighted by atomic mass is 32.2. The Hall–Kier alpha value is -2.62. The normalized spacial score (nSPS) is 13.7. The van der Waals surface area contributed by atoms with Gasteiger partial charge >= 0.3 is 0 Å². The molecule has 8 nitrogen and oxygen atoms in total. The number of carbonyl (C=O) groups excluding carboxylic acids is 1. The van der Waals surface area contributed by atoms with Crippen molar-refractivity contribution in [1.29, 1.82) is 0 Å². The van der Waals surface area contributed by atoms with Crippen LogP contribution in [0.1, 0.15) is 24.5 Å². The summed E-state index contributed by atoms with van der Waals surface area (Å²) in [5, 5.41) is 2.77. The molecule has 0 bridgehead atoms. The zero-order valence-electron chi connectivity index (χ0n) is 17.3. The molecule has 0 radical (unpaired) electrons. The fourth-order valence-electron chi connectivity index (χ4n) is 3.33. The van der Waals surface area contributed by atoms with Gasteiger partial charge in [0, 0.05) is 51.9 Å². The molecule has 1 heterocycles. The minimum Gasteiger partial charge on any atom is -0.493 e. The lowest BCUT2D eigenvalue weighted by Gasteiger charge is -2.18. The van der Waals surface area contributed by atoms with Crippen molar-refractivity contribution in [1.82, 2.24) is 4.31 Å². The van der Waals surface area contributed by atoms with Crippen LogP contribution in [0.2, 0.25) is 0 Å². The van der Waals surface area contributed by atoms with Gasteiger partial charge in [-0.05, 0) is 29.3 Å². The monoisotopic (exact) mass is 434 g/mol. The van der Waals surface area contributed by atoms with Crippen molar-refractivity contribution >= 4 is 21.6 Å². The van der Waals surface area contributed by atoms with Crippen LogP contribution in [0.25, 0.3) is 0 Å². The van der Waals surface area contributed by atoms with Crippen molar-refractivity contribution < 1.29 is 27.4 Å². The number of ether oxygens (including phenoxy) is 3. The number of hydrogen-bond acceptors (Lipinski definition) is 6. The van der Waals surface area contributed by atoms with Gasteiger partial charge in [-0.1, -0.05) is 12.1 Å². The number of anilines is 1. The zero-order valence-corrected chi connectivity index (χ0v) is 18.1. The van der Waals surface area contributed by atoms with Gasteiger partial charge in [-0.3, -0.25) is 4.79 Å². The largest absolute Gasteiger partial charge is 0.493 e. The second-order valence-electron chi connectivity index (χ2n) is 6.91. The number of amides is 1. The summed E-state index contributed by atoms with van der Waals surface area (Å²) in [6.07, 6.45) is 0.671. The van der Waals surface area contributed by atoms with Crippen molar-refractivity contribution in [3.05, 3.63) is 47.5 Å². The second kappa shape index (κ2) is 9.46. The topological polar surface area (TPSA) is 94.2 Å². The standard InChI is InChI=1S/C21H26N2O6S/c1-15(24)22-19-7-4-6-16-13-23(14-18(16)19)30(25,26)17-8-9-20(28-3)21(12-17)29-11-5-10-27-2/h4,6-9,12H,5,10-11,13-14H2,1-3H3,(H,22,24). The Morgan fingerprint density at radius 1 is 1.10 bits per heavy atom. The second-order valence-corrected chi connectivity index (χ2v) is 8.84. The first kappa shape index (κ1) is 22.1. The lowest BCUT2D eigenvalue weighted by molar-refractivity contribution is -0.114. The van der Waals surface area contributed by atoms with E-state index in [0.29, 0.717) is 36.8 Å². The summed E-state index contributed by atoms with van der Waals surface area (Å²) in [5.74, 6) is 0.629. The smallest absolute Gasteiger partial charge is 0.243 e. The first-order valence-electron chi connectivity index (χ1n) is 9.55. The minimum absolute atomic E-state index is 0.124. The first-order valence-corrected chi connectivity index (χ1v) is 11.0. The lowest BCUT2D eigenvalue weighted by Crippen LogP contribution is -2.25. The maximum absolute atomic E-state index is 13.3. The third-order valence-corrected chi connectivity index (χ3v) is 6.58. The molecule has 162 valence electrons. The summed E-state index contributed by atoms with van der Waals surface area (Å²) in [6, 6.07) is 10.0. The summed E-state index contributed by atoms with van der Waals surface area (Å²) >= 11 is 0. The van der Waals surface area contributed by atoms with Crippen LogP contribution in [0.15, 0.2) is 41.3 Å². The Labute approximate surface area is 176 Å². The molecule has 1 N–H and O–H groups in total. The highest BCUT2D eigenvalue weighted by molar-refractivity contribution is 7.89. The molecule has 0 saturated carbocycles. The number of rotatable bonds is 9. The predicted molar refractivity (Wildman–Crippen MR) is 112 cm³/mol. The number of benzene rings is 2. The SMILES string of the molecule is COCCCOc1cc(S(=O)(=O)N2Cc3cccc(NC(C)=O)c3C2)ccc1OC. The predicted octanol–water partition coefficient (Wildman–Crippen LogP) is 2.77. The van der Waals surface area contributed by atoms with Gasteiger partial charge in [0.05, 0.1) is 18.6 Å². The fourth-order valence-corrected chi connectivity index (χ4v) is 4.74. The summed E-state index contributed by atoms with van der Waals surface area (Å²) in [6.45, 7) is 2.77. The molecule has 1 amide bonds. The van der Waals surface area contributed by atoms with Crippen LogP contribution in [0.3, 0.4) is 0 Å². The molecular formula is C21H26N2O6S. The van der Waals surface area contributed by atoms with Crippen molar-refractivity contribution in [2.45, 2.75) is 31.3 Å². The fraction of sp³-hybridized carbons (Fsp3) is 0.381. The van der Waals surface area contributed by atoms with Gasteiger partial charge in [0.1, 0.15) is 0 Å². The number of nitrogens with zero attached hydrogens (tertiary/aromatic N) is 1. The molecule has 0 spiro atoms. The number of carbonyl (C=O) groups is 1. The molecule has 9 heteroatoms. The van der Waals surface area contributed by atoms with Crippen molar-refractivity contribution in [2.24, 2.45) is 0 Å². The summed E-state index contributed by atoms with van der Waals surface area (Å²) in [7, 11) is -0.658. The quantitative estimate of drug-likeness (QED) is 0.610. The molecule has 2 aromatic carbocycles. The van der Waals surface area contributed by atoms with Crippen LogP contribution >= 0.6 is 0 Å². The minimum atomic E-state index is -3.77. The Kier molecular flexibility index (Phi) is 6.96. The third-order valence-electron chi connectivity index (χ3n) is 4.79. The average Bonchev–Trinajstić information content (AvgIpc) is 3.17. The van der Waals surface area contributed by atoms with E-state index in [9.17, 15) is 13.2 Å². The lowest BCUT2D eigenvalue weighted by atomic mass is 10.1. The molecule has 3 rings (SSSR count). The first-order chi connectivity index (χ1) is 14.4. The summed E-state index contributed by atoms with van der Waals surface area (Å²) < 4.78 is 44.0. The van der Waals surface area contributed by atoms with E-state index in [2.05, 4.69) is 5.32 Å². The molecule has 0 aromatic heterocycles. The zero-order chi connectivity index (χ0) is 21.7. The van der Waals surface area contributed by atoms with Crippen LogP contribution in [-0.2, 0) is 32.6 Å². The van der Waals surface area contributed by atoms with Crippen molar-refractivity contribution in [2.75, 3.05) is 32.8 Å². The Balaban J connectivity index is 1.84. The Morgan fingerprint density at radius 3 is 2.60 bits per heavy atom. The van der Waals surface area contributed by atoms with E-state index in [1.54, 1.807) is 25.3 Å². The highest BCUT2D eigenvalue weighted by Gasteiger charge is 2.32. The van der Waals surface area contributed by atoms with Crippen LogP contribution in [0, 0.1) is 0 Å². The molecule has 30 heavy (non-hydrogen) atoms. The van der Waals surface area contributed by atoms with Gasteiger partial charge < -0.3 is 19.5 Å². The van der Waals surface area contributed by atoms with Gasteiger partial charge in [0.25, 0.3) is 0 Å². The molecule has 2 aromatic rings. The molecule has 1 aliphatic rings. The number of nitrogens with one attached hydrogen (secondary N) is 1. The summed E-state index contributed by atoms with van der Waals surface area (Å²) in [4.78, 5) is 11.6.